The molecule has 0 fully saturated rings. The summed E-state index contributed by atoms with van der Waals surface area (Å²) in [4.78, 5) is 2.96. The van der Waals surface area contributed by atoms with Crippen LogP contribution in [0.1, 0.15) is 0 Å². The Balaban J connectivity index is 3.21. The second-order valence-corrected chi connectivity index (χ2v) is 2.88. The van der Waals surface area contributed by atoms with Gasteiger partial charge in [0.1, 0.15) is 4.98 Å². The molecule has 1 aliphatic carbocycles. The van der Waals surface area contributed by atoms with Gasteiger partial charge < -0.3 is 0 Å². The summed E-state index contributed by atoms with van der Waals surface area (Å²) in [5, 5.41) is 8.36. The zero-order valence-electron chi connectivity index (χ0n) is 5.51. The van der Waals surface area contributed by atoms with E-state index < -0.39 is 16.3 Å². The van der Waals surface area contributed by atoms with Gasteiger partial charge in [-0.3, -0.25) is 0 Å². The van der Waals surface area contributed by atoms with Crippen molar-refractivity contribution in [3.05, 3.63) is 29.3 Å². The average Bonchev–Trinajstić information content (AvgIpc) is 2.04. The van der Waals surface area contributed by atoms with E-state index >= 15 is 0 Å². The van der Waals surface area contributed by atoms with Crippen LogP contribution in [0.5, 0.6) is 0 Å². The number of diazo groups is 1. The first-order chi connectivity index (χ1) is 5.25. The van der Waals surface area contributed by atoms with E-state index in [0.29, 0.717) is 0 Å². The van der Waals surface area contributed by atoms with Crippen molar-refractivity contribution in [3.8, 4) is 0 Å². The molecule has 0 heterocycles. The van der Waals surface area contributed by atoms with Crippen LogP contribution in [-0.2, 0) is 10.3 Å². The lowest BCUT2D eigenvalue weighted by Crippen LogP contribution is -2.14. The summed E-state index contributed by atoms with van der Waals surface area (Å²) in [6.45, 7) is 0. The Hall–Kier alpha value is -1.41. The van der Waals surface area contributed by atoms with Crippen LogP contribution in [0.2, 0.25) is 0 Å². The minimum Gasteiger partial charge on any atom is -0.184 e. The maximum absolute atomic E-state index is 10.4. The minimum absolute atomic E-state index is 0.0787. The summed E-state index contributed by atoms with van der Waals surface area (Å²) in [6, 6.07) is -0.738. The molecule has 0 N–H and O–H groups in total. The molecule has 0 aromatic heterocycles. The van der Waals surface area contributed by atoms with Crippen LogP contribution in [0.3, 0.4) is 0 Å². The van der Waals surface area contributed by atoms with Gasteiger partial charge in [0.2, 0.25) is 15.7 Å². The second kappa shape index (κ2) is 3.12. The Morgan fingerprint density at radius 2 is 2.18 bits per heavy atom. The van der Waals surface area contributed by atoms with Crippen molar-refractivity contribution in [2.45, 2.75) is 6.04 Å². The molecule has 0 aromatic carbocycles. The molecule has 4 nitrogen and oxygen atoms in total. The van der Waals surface area contributed by atoms with Crippen LogP contribution >= 0.6 is 0 Å². The lowest BCUT2D eigenvalue weighted by molar-refractivity contribution is 0.627. The first-order valence-corrected chi connectivity index (χ1v) is 3.98. The third kappa shape index (κ3) is 1.53. The summed E-state index contributed by atoms with van der Waals surface area (Å²) in [5.74, 6) is 0. The Bertz CT molecular complexity index is 375. The number of hydrogen-bond donors (Lipinski definition) is 0. The topological polar surface area (TPSA) is 62.3 Å². The van der Waals surface area contributed by atoms with Crippen LogP contribution in [0.25, 0.3) is 4.98 Å². The zero-order valence-corrected chi connectivity index (χ0v) is 6.32. The SMILES string of the molecule is N#[N+]C1C=CC=CC1=S(=O)=O. The normalized spacial score (nSPS) is 21.4. The van der Waals surface area contributed by atoms with Gasteiger partial charge in [0.15, 0.2) is 4.86 Å². The molecular weight excluding hydrogens is 164 g/mol. The number of rotatable bonds is 0. The predicted octanol–water partition coefficient (Wildman–Crippen LogP) is 0.386. The molecule has 1 atom stereocenters. The van der Waals surface area contributed by atoms with Crippen molar-refractivity contribution in [3.63, 3.8) is 0 Å². The maximum atomic E-state index is 10.4. The van der Waals surface area contributed by atoms with E-state index in [2.05, 4.69) is 4.98 Å². The van der Waals surface area contributed by atoms with Crippen LogP contribution in [-0.4, -0.2) is 19.3 Å². The molecule has 0 aliphatic heterocycles. The van der Waals surface area contributed by atoms with Gasteiger partial charge in [-0.1, -0.05) is 12.2 Å². The maximum Gasteiger partial charge on any atom is 0.372 e. The van der Waals surface area contributed by atoms with Gasteiger partial charge >= 0.3 is 6.04 Å². The van der Waals surface area contributed by atoms with Crippen molar-refractivity contribution in [2.75, 3.05) is 0 Å². The van der Waals surface area contributed by atoms with Crippen LogP contribution < -0.4 is 0 Å². The Labute approximate surface area is 65.0 Å². The van der Waals surface area contributed by atoms with E-state index in [1.54, 1.807) is 12.2 Å². The molecule has 56 valence electrons. The Morgan fingerprint density at radius 1 is 1.45 bits per heavy atom. The van der Waals surface area contributed by atoms with Gasteiger partial charge in [0.05, 0.1) is 0 Å². The zero-order chi connectivity index (χ0) is 8.27. The van der Waals surface area contributed by atoms with Gasteiger partial charge in [-0.25, -0.2) is 0 Å². The lowest BCUT2D eigenvalue weighted by Gasteiger charge is -1.91. The quantitative estimate of drug-likeness (QED) is 0.389. The molecule has 11 heavy (non-hydrogen) atoms. The van der Waals surface area contributed by atoms with Gasteiger partial charge in [0.25, 0.3) is 0 Å². The Morgan fingerprint density at radius 3 is 2.64 bits per heavy atom. The van der Waals surface area contributed by atoms with Crippen molar-refractivity contribution < 1.29 is 8.42 Å². The fourth-order valence-electron chi connectivity index (χ4n) is 0.763. The highest BCUT2D eigenvalue weighted by Gasteiger charge is 2.24. The molecule has 0 saturated heterocycles. The summed E-state index contributed by atoms with van der Waals surface area (Å²) < 4.78 is 20.9. The summed E-state index contributed by atoms with van der Waals surface area (Å²) in [6.07, 6.45) is 6.09. The largest absolute Gasteiger partial charge is 0.372 e. The van der Waals surface area contributed by atoms with Crippen molar-refractivity contribution in [1.82, 2.24) is 0 Å². The molecule has 1 unspecified atom stereocenters. The van der Waals surface area contributed by atoms with Crippen molar-refractivity contribution >= 4 is 15.2 Å². The number of nitrogens with zero attached hydrogens (tertiary/aromatic N) is 2. The van der Waals surface area contributed by atoms with Gasteiger partial charge in [0, 0.05) is 6.08 Å². The third-order valence-electron chi connectivity index (χ3n) is 1.27. The second-order valence-electron chi connectivity index (χ2n) is 1.94. The van der Waals surface area contributed by atoms with Crippen molar-refractivity contribution in [1.29, 1.82) is 5.39 Å². The summed E-state index contributed by atoms with van der Waals surface area (Å²) in [7, 11) is -2.31. The van der Waals surface area contributed by atoms with Gasteiger partial charge in [-0.2, -0.15) is 8.42 Å². The lowest BCUT2D eigenvalue weighted by atomic mass is 10.1. The third-order valence-corrected chi connectivity index (χ3v) is 2.04. The molecule has 0 spiro atoms. The van der Waals surface area contributed by atoms with E-state index in [-0.39, 0.29) is 4.86 Å². The van der Waals surface area contributed by atoms with Crippen molar-refractivity contribution in [2.24, 2.45) is 0 Å². The molecule has 0 aromatic rings. The minimum atomic E-state index is -2.31. The van der Waals surface area contributed by atoms with Crippen LogP contribution in [0.4, 0.5) is 0 Å². The van der Waals surface area contributed by atoms with E-state index in [4.69, 9.17) is 5.39 Å². The van der Waals surface area contributed by atoms with E-state index in [1.807, 2.05) is 0 Å². The first kappa shape index (κ1) is 7.69. The molecular formula is C6H5N2O2S+. The summed E-state index contributed by atoms with van der Waals surface area (Å²) in [5.41, 5.74) is 0. The van der Waals surface area contributed by atoms with Crippen LogP contribution in [0.15, 0.2) is 24.3 Å². The highest BCUT2D eigenvalue weighted by Crippen LogP contribution is 2.03. The molecule has 0 radical (unpaired) electrons. The standard InChI is InChI=1S/C6H5N2O2S/c7-8-5-3-1-2-4-6(5)11(9)10/h1-5H/q+1. The number of allylic oxidation sites excluding steroid dienone is 2. The smallest absolute Gasteiger partial charge is 0.184 e. The first-order valence-electron chi connectivity index (χ1n) is 2.91. The fraction of sp³-hybridized carbons (Fsp3) is 0.167. The fourth-order valence-corrected chi connectivity index (χ4v) is 1.28. The highest BCUT2D eigenvalue weighted by molar-refractivity contribution is 7.73. The van der Waals surface area contributed by atoms with Crippen LogP contribution in [0, 0.1) is 5.39 Å². The highest BCUT2D eigenvalue weighted by atomic mass is 32.2. The molecule has 1 rings (SSSR count). The molecule has 1 aliphatic rings. The Kier molecular flexibility index (Phi) is 2.18. The molecule has 5 heteroatoms. The summed E-state index contributed by atoms with van der Waals surface area (Å²) >= 11 is 0. The monoisotopic (exact) mass is 169 g/mol. The molecule has 0 saturated carbocycles. The van der Waals surface area contributed by atoms with E-state index in [0.717, 1.165) is 0 Å². The average molecular weight is 169 g/mol. The van der Waals surface area contributed by atoms with E-state index in [1.165, 1.54) is 12.2 Å². The number of hydrogen-bond acceptors (Lipinski definition) is 3. The predicted molar refractivity (Wildman–Crippen MR) is 41.1 cm³/mol. The molecule has 0 bridgehead atoms. The molecule has 0 amide bonds. The van der Waals surface area contributed by atoms with Gasteiger partial charge in [-0.05, 0) is 6.08 Å². The van der Waals surface area contributed by atoms with Gasteiger partial charge in [-0.15, -0.1) is 0 Å². The van der Waals surface area contributed by atoms with E-state index in [9.17, 15) is 8.42 Å².